The molecular formula is C17H17FN6O. The van der Waals surface area contributed by atoms with Crippen molar-refractivity contribution in [2.24, 2.45) is 0 Å². The maximum atomic E-state index is 12.9. The Bertz CT molecular complexity index is 936. The Hall–Kier alpha value is -2.90. The third kappa shape index (κ3) is 2.73. The fraction of sp³-hybridized carbons (Fsp3) is 0.353. The first-order valence-electron chi connectivity index (χ1n) is 8.31. The molecule has 4 rings (SSSR count). The monoisotopic (exact) mass is 340 g/mol. The molecular weight excluding hydrogens is 323 g/mol. The van der Waals surface area contributed by atoms with E-state index < -0.39 is 5.82 Å². The number of nitrogens with one attached hydrogen (secondary N) is 1. The van der Waals surface area contributed by atoms with Crippen LogP contribution in [0.15, 0.2) is 24.8 Å². The van der Waals surface area contributed by atoms with Crippen LogP contribution in [0.5, 0.6) is 0 Å². The van der Waals surface area contributed by atoms with Crippen LogP contribution in [0, 0.1) is 5.82 Å². The number of carbonyl (C=O) groups excluding carboxylic acids is 1. The van der Waals surface area contributed by atoms with E-state index in [0.717, 1.165) is 38.1 Å². The van der Waals surface area contributed by atoms with E-state index in [1.54, 1.807) is 6.33 Å². The summed E-state index contributed by atoms with van der Waals surface area (Å²) < 4.78 is 14.8. The standard InChI is InChI=1S/C17H17FN6O/c1-2-3-10-4-5-14-12(10)6-13(15-23-21-9-24(14)15)16(25)22-17-19-7-11(18)8-20-17/h6-10H,2-5H2,1H3,(H,19,20,22,25)/t10-/m1/s1. The van der Waals surface area contributed by atoms with E-state index in [2.05, 4.69) is 32.4 Å². The van der Waals surface area contributed by atoms with E-state index in [1.807, 2.05) is 10.5 Å². The normalized spacial score (nSPS) is 16.2. The third-order valence-corrected chi connectivity index (χ3v) is 4.61. The Labute approximate surface area is 143 Å². The Morgan fingerprint density at radius 2 is 2.20 bits per heavy atom. The minimum atomic E-state index is -0.558. The zero-order valence-electron chi connectivity index (χ0n) is 13.7. The molecule has 0 aromatic carbocycles. The lowest BCUT2D eigenvalue weighted by atomic mass is 9.96. The van der Waals surface area contributed by atoms with E-state index in [1.165, 1.54) is 11.3 Å². The number of amides is 1. The van der Waals surface area contributed by atoms with Crippen molar-refractivity contribution in [3.8, 4) is 0 Å². The number of rotatable bonds is 4. The summed E-state index contributed by atoms with van der Waals surface area (Å²) in [5.41, 5.74) is 3.29. The summed E-state index contributed by atoms with van der Waals surface area (Å²) >= 11 is 0. The molecule has 0 bridgehead atoms. The zero-order chi connectivity index (χ0) is 17.4. The van der Waals surface area contributed by atoms with Gasteiger partial charge in [-0.15, -0.1) is 10.2 Å². The van der Waals surface area contributed by atoms with Crippen LogP contribution in [0.3, 0.4) is 0 Å². The van der Waals surface area contributed by atoms with Crippen molar-refractivity contribution in [1.82, 2.24) is 24.6 Å². The maximum absolute atomic E-state index is 12.9. The average Bonchev–Trinajstić information content (AvgIpc) is 3.23. The second-order valence-electron chi connectivity index (χ2n) is 6.19. The van der Waals surface area contributed by atoms with Gasteiger partial charge in [0.2, 0.25) is 5.95 Å². The minimum Gasteiger partial charge on any atom is -0.290 e. The Morgan fingerprint density at radius 1 is 1.40 bits per heavy atom. The highest BCUT2D eigenvalue weighted by molar-refractivity contribution is 6.07. The highest BCUT2D eigenvalue weighted by Gasteiger charge is 2.27. The fourth-order valence-electron chi connectivity index (χ4n) is 3.50. The van der Waals surface area contributed by atoms with Crippen molar-refractivity contribution in [2.75, 3.05) is 5.32 Å². The number of aromatic nitrogens is 5. The smallest absolute Gasteiger partial charge is 0.261 e. The van der Waals surface area contributed by atoms with Gasteiger partial charge in [0, 0.05) is 5.69 Å². The summed E-state index contributed by atoms with van der Waals surface area (Å²) in [6.07, 6.45) is 7.87. The van der Waals surface area contributed by atoms with Gasteiger partial charge in [0.05, 0.1) is 18.0 Å². The van der Waals surface area contributed by atoms with E-state index in [0.29, 0.717) is 17.1 Å². The quantitative estimate of drug-likeness (QED) is 0.789. The van der Waals surface area contributed by atoms with E-state index in [-0.39, 0.29) is 11.9 Å². The molecule has 25 heavy (non-hydrogen) atoms. The van der Waals surface area contributed by atoms with Crippen molar-refractivity contribution in [3.63, 3.8) is 0 Å². The van der Waals surface area contributed by atoms with Crippen LogP contribution in [-0.4, -0.2) is 30.5 Å². The Kier molecular flexibility index (Phi) is 3.87. The van der Waals surface area contributed by atoms with Gasteiger partial charge in [-0.25, -0.2) is 14.4 Å². The first-order valence-corrected chi connectivity index (χ1v) is 8.31. The van der Waals surface area contributed by atoms with Crippen molar-refractivity contribution in [2.45, 2.75) is 38.5 Å². The van der Waals surface area contributed by atoms with Gasteiger partial charge in [-0.1, -0.05) is 13.3 Å². The summed E-state index contributed by atoms with van der Waals surface area (Å²) in [7, 11) is 0. The number of fused-ring (bicyclic) bond motifs is 3. The van der Waals surface area contributed by atoms with Gasteiger partial charge < -0.3 is 0 Å². The first-order chi connectivity index (χ1) is 12.2. The fourth-order valence-corrected chi connectivity index (χ4v) is 3.50. The van der Waals surface area contributed by atoms with Crippen LogP contribution in [0.1, 0.15) is 53.7 Å². The second-order valence-corrected chi connectivity index (χ2v) is 6.19. The molecule has 3 aromatic heterocycles. The Morgan fingerprint density at radius 3 is 2.96 bits per heavy atom. The number of anilines is 1. The lowest BCUT2D eigenvalue weighted by Gasteiger charge is -2.13. The molecule has 0 spiro atoms. The molecule has 1 atom stereocenters. The summed E-state index contributed by atoms with van der Waals surface area (Å²) in [5, 5.41) is 10.7. The maximum Gasteiger partial charge on any atom is 0.261 e. The van der Waals surface area contributed by atoms with Crippen LogP contribution >= 0.6 is 0 Å². The molecule has 1 aliphatic rings. The van der Waals surface area contributed by atoms with Crippen LogP contribution in [0.4, 0.5) is 10.3 Å². The molecule has 128 valence electrons. The molecule has 7 nitrogen and oxygen atoms in total. The Balaban J connectivity index is 1.74. The van der Waals surface area contributed by atoms with Crippen molar-refractivity contribution in [1.29, 1.82) is 0 Å². The van der Waals surface area contributed by atoms with E-state index in [4.69, 9.17) is 0 Å². The molecule has 0 aliphatic heterocycles. The number of aryl methyl sites for hydroxylation is 1. The van der Waals surface area contributed by atoms with Gasteiger partial charge in [-0.3, -0.25) is 14.5 Å². The van der Waals surface area contributed by atoms with Crippen molar-refractivity contribution < 1.29 is 9.18 Å². The number of pyridine rings is 1. The van der Waals surface area contributed by atoms with Gasteiger partial charge in [0.1, 0.15) is 6.33 Å². The summed E-state index contributed by atoms with van der Waals surface area (Å²) in [4.78, 5) is 20.2. The topological polar surface area (TPSA) is 85.1 Å². The first kappa shape index (κ1) is 15.6. The third-order valence-electron chi connectivity index (χ3n) is 4.61. The van der Waals surface area contributed by atoms with Crippen LogP contribution in [-0.2, 0) is 6.42 Å². The molecule has 1 N–H and O–H groups in total. The number of halogens is 1. The number of hydrogen-bond donors (Lipinski definition) is 1. The van der Waals surface area contributed by atoms with Crippen LogP contribution in [0.25, 0.3) is 5.65 Å². The minimum absolute atomic E-state index is 0.0506. The van der Waals surface area contributed by atoms with Crippen LogP contribution in [0.2, 0.25) is 0 Å². The van der Waals surface area contributed by atoms with E-state index >= 15 is 0 Å². The van der Waals surface area contributed by atoms with Crippen molar-refractivity contribution >= 4 is 17.5 Å². The molecule has 0 saturated carbocycles. The lowest BCUT2D eigenvalue weighted by Crippen LogP contribution is -2.17. The summed E-state index contributed by atoms with van der Waals surface area (Å²) in [5.74, 6) is -0.442. The van der Waals surface area contributed by atoms with Gasteiger partial charge in [-0.2, -0.15) is 0 Å². The highest BCUT2D eigenvalue weighted by Crippen LogP contribution is 2.37. The van der Waals surface area contributed by atoms with Gasteiger partial charge >= 0.3 is 0 Å². The summed E-state index contributed by atoms with van der Waals surface area (Å²) in [6, 6.07) is 1.91. The molecule has 0 fully saturated rings. The molecule has 0 unspecified atom stereocenters. The molecule has 0 saturated heterocycles. The summed E-state index contributed by atoms with van der Waals surface area (Å²) in [6.45, 7) is 2.16. The average molecular weight is 340 g/mol. The van der Waals surface area contributed by atoms with E-state index in [9.17, 15) is 9.18 Å². The largest absolute Gasteiger partial charge is 0.290 e. The zero-order valence-corrected chi connectivity index (χ0v) is 13.7. The molecule has 8 heteroatoms. The van der Waals surface area contributed by atoms with Crippen molar-refractivity contribution in [3.05, 3.63) is 47.4 Å². The molecule has 1 amide bonds. The lowest BCUT2D eigenvalue weighted by molar-refractivity contribution is 0.102. The van der Waals surface area contributed by atoms with Crippen LogP contribution < -0.4 is 5.32 Å². The molecule has 0 radical (unpaired) electrons. The van der Waals surface area contributed by atoms with Gasteiger partial charge in [-0.05, 0) is 36.8 Å². The predicted molar refractivity (Wildman–Crippen MR) is 88.9 cm³/mol. The highest BCUT2D eigenvalue weighted by atomic mass is 19.1. The second kappa shape index (κ2) is 6.19. The molecule has 1 aliphatic carbocycles. The number of carbonyl (C=O) groups is 1. The van der Waals surface area contributed by atoms with Gasteiger partial charge in [0.25, 0.3) is 5.91 Å². The molecule has 3 aromatic rings. The predicted octanol–water partition coefficient (Wildman–Crippen LogP) is 2.74. The SMILES string of the molecule is CCC[C@@H]1CCc2c1cc(C(=O)Nc1ncc(F)cn1)c1nncn21. The van der Waals surface area contributed by atoms with Gasteiger partial charge in [0.15, 0.2) is 11.5 Å². The number of nitrogens with zero attached hydrogens (tertiary/aromatic N) is 5. The number of hydrogen-bond acceptors (Lipinski definition) is 5. The molecule has 3 heterocycles.